The van der Waals surface area contributed by atoms with Crippen LogP contribution in [0.3, 0.4) is 0 Å². The third-order valence-corrected chi connectivity index (χ3v) is 3.38. The van der Waals surface area contributed by atoms with Gasteiger partial charge in [-0.15, -0.1) is 11.8 Å². The highest BCUT2D eigenvalue weighted by molar-refractivity contribution is 7.98. The molecule has 4 heteroatoms. The molecule has 0 atom stereocenters. The zero-order valence-corrected chi connectivity index (χ0v) is 10.8. The minimum atomic E-state index is -0.278. The van der Waals surface area contributed by atoms with Crippen molar-refractivity contribution in [3.05, 3.63) is 53.8 Å². The Morgan fingerprint density at radius 1 is 1.17 bits per heavy atom. The van der Waals surface area contributed by atoms with E-state index in [4.69, 9.17) is 10.5 Å². The number of hydrogen-bond acceptors (Lipinski definition) is 3. The molecule has 0 spiro atoms. The summed E-state index contributed by atoms with van der Waals surface area (Å²) in [5, 5.41) is 0. The summed E-state index contributed by atoms with van der Waals surface area (Å²) in [6.45, 7) is 0.410. The summed E-state index contributed by atoms with van der Waals surface area (Å²) in [5.41, 5.74) is 6.72. The van der Waals surface area contributed by atoms with Crippen molar-refractivity contribution in [1.82, 2.24) is 0 Å². The number of ether oxygens (including phenoxy) is 1. The van der Waals surface area contributed by atoms with E-state index in [9.17, 15) is 4.39 Å². The lowest BCUT2D eigenvalue weighted by molar-refractivity contribution is 0.472. The van der Waals surface area contributed by atoms with E-state index >= 15 is 0 Å². The van der Waals surface area contributed by atoms with Gasteiger partial charge in [-0.25, -0.2) is 4.39 Å². The third kappa shape index (κ3) is 2.83. The first kappa shape index (κ1) is 12.9. The largest absolute Gasteiger partial charge is 0.457 e. The van der Waals surface area contributed by atoms with E-state index in [1.54, 1.807) is 23.9 Å². The number of rotatable bonds is 4. The quantitative estimate of drug-likeness (QED) is 0.852. The van der Waals surface area contributed by atoms with E-state index in [2.05, 4.69) is 0 Å². The summed E-state index contributed by atoms with van der Waals surface area (Å²) < 4.78 is 18.5. The molecule has 2 aromatic carbocycles. The molecule has 2 nitrogen and oxygen atoms in total. The van der Waals surface area contributed by atoms with Crippen LogP contribution in [-0.2, 0) is 6.54 Å². The Kier molecular flexibility index (Phi) is 4.23. The second-order valence-electron chi connectivity index (χ2n) is 3.70. The van der Waals surface area contributed by atoms with Crippen molar-refractivity contribution in [3.8, 4) is 11.5 Å². The number of halogens is 1. The fourth-order valence-electron chi connectivity index (χ4n) is 1.66. The Balaban J connectivity index is 2.31. The van der Waals surface area contributed by atoms with Crippen LogP contribution in [0.15, 0.2) is 47.4 Å². The molecule has 2 rings (SSSR count). The molecule has 18 heavy (non-hydrogen) atoms. The zero-order chi connectivity index (χ0) is 13.0. The maximum atomic E-state index is 12.8. The number of hydrogen-bond donors (Lipinski definition) is 1. The topological polar surface area (TPSA) is 35.2 Å². The molecule has 2 N–H and O–H groups in total. The average Bonchev–Trinajstić information content (AvgIpc) is 2.41. The summed E-state index contributed by atoms with van der Waals surface area (Å²) in [6, 6.07) is 11.7. The van der Waals surface area contributed by atoms with Crippen molar-refractivity contribution in [3.63, 3.8) is 0 Å². The standard InChI is InChI=1S/C14H14FNOS/c1-18-14-4-2-3-13(12(14)9-16)17-11-7-5-10(15)6-8-11/h2-8H,9,16H2,1H3. The van der Waals surface area contributed by atoms with Crippen LogP contribution in [0.4, 0.5) is 4.39 Å². The Morgan fingerprint density at radius 2 is 1.89 bits per heavy atom. The van der Waals surface area contributed by atoms with E-state index < -0.39 is 0 Å². The first-order valence-corrected chi connectivity index (χ1v) is 6.76. The van der Waals surface area contributed by atoms with Crippen molar-refractivity contribution in [2.45, 2.75) is 11.4 Å². The van der Waals surface area contributed by atoms with Gasteiger partial charge in [-0.3, -0.25) is 0 Å². The lowest BCUT2D eigenvalue weighted by Crippen LogP contribution is -2.01. The van der Waals surface area contributed by atoms with Gasteiger partial charge in [0.25, 0.3) is 0 Å². The molecule has 0 unspecified atom stereocenters. The highest BCUT2D eigenvalue weighted by Gasteiger charge is 2.08. The van der Waals surface area contributed by atoms with Crippen molar-refractivity contribution in [2.24, 2.45) is 5.73 Å². The molecule has 0 fully saturated rings. The van der Waals surface area contributed by atoms with Crippen LogP contribution in [0.2, 0.25) is 0 Å². The molecule has 0 aliphatic carbocycles. The molecular formula is C14H14FNOS. The van der Waals surface area contributed by atoms with Crippen molar-refractivity contribution >= 4 is 11.8 Å². The van der Waals surface area contributed by atoms with E-state index in [1.807, 2.05) is 24.5 Å². The van der Waals surface area contributed by atoms with Gasteiger partial charge in [0.2, 0.25) is 0 Å². The Bertz CT molecular complexity index is 528. The molecule has 0 radical (unpaired) electrons. The van der Waals surface area contributed by atoms with Crippen LogP contribution in [0.25, 0.3) is 0 Å². The highest BCUT2D eigenvalue weighted by atomic mass is 32.2. The molecule has 0 heterocycles. The minimum absolute atomic E-state index is 0.278. The molecule has 0 bridgehead atoms. The van der Waals surface area contributed by atoms with Crippen LogP contribution >= 0.6 is 11.8 Å². The van der Waals surface area contributed by atoms with E-state index in [0.717, 1.165) is 16.2 Å². The second-order valence-corrected chi connectivity index (χ2v) is 4.55. The second kappa shape index (κ2) is 5.89. The summed E-state index contributed by atoms with van der Waals surface area (Å²) in [6.07, 6.45) is 2.00. The van der Waals surface area contributed by atoms with Gasteiger partial charge in [0, 0.05) is 17.0 Å². The van der Waals surface area contributed by atoms with Crippen LogP contribution in [0.1, 0.15) is 5.56 Å². The fourth-order valence-corrected chi connectivity index (χ4v) is 2.31. The lowest BCUT2D eigenvalue weighted by atomic mass is 10.2. The van der Waals surface area contributed by atoms with Crippen molar-refractivity contribution in [2.75, 3.05) is 6.26 Å². The predicted molar refractivity (Wildman–Crippen MR) is 72.6 cm³/mol. The van der Waals surface area contributed by atoms with Gasteiger partial charge in [-0.2, -0.15) is 0 Å². The predicted octanol–water partition coefficient (Wildman–Crippen LogP) is 3.80. The smallest absolute Gasteiger partial charge is 0.133 e. The summed E-state index contributed by atoms with van der Waals surface area (Å²) in [5.74, 6) is 1.04. The van der Waals surface area contributed by atoms with Gasteiger partial charge in [-0.1, -0.05) is 6.07 Å². The van der Waals surface area contributed by atoms with Gasteiger partial charge < -0.3 is 10.5 Å². The number of benzene rings is 2. The monoisotopic (exact) mass is 263 g/mol. The van der Waals surface area contributed by atoms with Gasteiger partial charge in [0.1, 0.15) is 17.3 Å². The first-order valence-electron chi connectivity index (χ1n) is 5.54. The molecular weight excluding hydrogens is 249 g/mol. The minimum Gasteiger partial charge on any atom is -0.457 e. The molecule has 0 aliphatic rings. The van der Waals surface area contributed by atoms with Gasteiger partial charge >= 0.3 is 0 Å². The summed E-state index contributed by atoms with van der Waals surface area (Å²) >= 11 is 1.63. The van der Waals surface area contributed by atoms with Gasteiger partial charge in [-0.05, 0) is 42.7 Å². The molecule has 0 saturated heterocycles. The zero-order valence-electron chi connectivity index (χ0n) is 10.0. The third-order valence-electron chi connectivity index (χ3n) is 2.56. The average molecular weight is 263 g/mol. The maximum absolute atomic E-state index is 12.8. The SMILES string of the molecule is CSc1cccc(Oc2ccc(F)cc2)c1CN. The molecule has 0 aliphatic heterocycles. The Morgan fingerprint density at radius 3 is 2.50 bits per heavy atom. The van der Waals surface area contributed by atoms with Crippen LogP contribution in [-0.4, -0.2) is 6.26 Å². The fraction of sp³-hybridized carbons (Fsp3) is 0.143. The number of thioether (sulfide) groups is 1. The van der Waals surface area contributed by atoms with Crippen LogP contribution in [0.5, 0.6) is 11.5 Å². The molecule has 0 amide bonds. The summed E-state index contributed by atoms with van der Waals surface area (Å²) in [7, 11) is 0. The molecule has 0 aromatic heterocycles. The van der Waals surface area contributed by atoms with E-state index in [1.165, 1.54) is 12.1 Å². The van der Waals surface area contributed by atoms with Crippen molar-refractivity contribution in [1.29, 1.82) is 0 Å². The molecule has 94 valence electrons. The van der Waals surface area contributed by atoms with Crippen molar-refractivity contribution < 1.29 is 9.13 Å². The number of nitrogens with two attached hydrogens (primary N) is 1. The van der Waals surface area contributed by atoms with Gasteiger partial charge in [0.15, 0.2) is 0 Å². The van der Waals surface area contributed by atoms with Crippen LogP contribution < -0.4 is 10.5 Å². The highest BCUT2D eigenvalue weighted by Crippen LogP contribution is 2.31. The Labute approximate surface area is 110 Å². The normalized spacial score (nSPS) is 10.4. The lowest BCUT2D eigenvalue weighted by Gasteiger charge is -2.12. The Hall–Kier alpha value is -1.52. The first-order chi connectivity index (χ1) is 8.74. The van der Waals surface area contributed by atoms with Gasteiger partial charge in [0.05, 0.1) is 0 Å². The van der Waals surface area contributed by atoms with E-state index in [-0.39, 0.29) is 5.82 Å². The van der Waals surface area contributed by atoms with Crippen LogP contribution in [0, 0.1) is 5.82 Å². The molecule has 0 saturated carbocycles. The molecule has 2 aromatic rings. The maximum Gasteiger partial charge on any atom is 0.133 e. The summed E-state index contributed by atoms with van der Waals surface area (Å²) in [4.78, 5) is 1.09. The van der Waals surface area contributed by atoms with E-state index in [0.29, 0.717) is 12.3 Å².